The van der Waals surface area contributed by atoms with Crippen LogP contribution in [0.3, 0.4) is 0 Å². The van der Waals surface area contributed by atoms with Gasteiger partial charge in [0, 0.05) is 0 Å². The van der Waals surface area contributed by atoms with Gasteiger partial charge in [-0.15, -0.1) is 0 Å². The van der Waals surface area contributed by atoms with Crippen LogP contribution in [-0.4, -0.2) is 9.97 Å². The van der Waals surface area contributed by atoms with Gasteiger partial charge in [-0.05, 0) is 0 Å². The molecule has 4 nitrogen and oxygen atoms in total. The van der Waals surface area contributed by atoms with Gasteiger partial charge in [-0.25, -0.2) is 0 Å². The summed E-state index contributed by atoms with van der Waals surface area (Å²) in [5.74, 6) is 0.513. The van der Waals surface area contributed by atoms with Crippen LogP contribution < -0.4 is 5.73 Å². The summed E-state index contributed by atoms with van der Waals surface area (Å²) >= 11 is 0. The lowest BCUT2D eigenvalue weighted by atomic mass is 10.6. The molecule has 0 aliphatic rings. The monoisotopic (exact) mass is 120 g/mol. The zero-order chi connectivity index (χ0) is 6.69. The maximum Gasteiger partial charge on any atom is 0.290 e. The summed E-state index contributed by atoms with van der Waals surface area (Å²) < 4.78 is 0. The summed E-state index contributed by atoms with van der Waals surface area (Å²) in [6.07, 6.45) is 2.76. The fourth-order valence-corrected chi connectivity index (χ4v) is 0.424. The predicted molar refractivity (Wildman–Crippen MR) is 32.7 cm³/mol. The lowest BCUT2D eigenvalue weighted by Crippen LogP contribution is -1.88. The van der Waals surface area contributed by atoms with Crippen molar-refractivity contribution in [2.75, 3.05) is 5.73 Å². The first-order valence-corrected chi connectivity index (χ1v) is 2.28. The first-order valence-electron chi connectivity index (χ1n) is 2.28. The smallest absolute Gasteiger partial charge is 0.290 e. The molecule has 1 rings (SSSR count). The first-order chi connectivity index (χ1) is 4.33. The maximum absolute atomic E-state index is 6.51. The highest BCUT2D eigenvalue weighted by molar-refractivity contribution is 5.38. The summed E-state index contributed by atoms with van der Waals surface area (Å²) in [6.45, 7) is 6.51. The number of anilines is 1. The molecule has 2 N–H and O–H groups in total. The van der Waals surface area contributed by atoms with Crippen LogP contribution in [0.5, 0.6) is 0 Å². The van der Waals surface area contributed by atoms with Gasteiger partial charge in [0.1, 0.15) is 0 Å². The summed E-state index contributed by atoms with van der Waals surface area (Å²) in [5.41, 5.74) is 5.22. The molecule has 9 heavy (non-hydrogen) atoms. The van der Waals surface area contributed by atoms with Gasteiger partial charge in [0.15, 0.2) is 0 Å². The molecule has 0 atom stereocenters. The van der Waals surface area contributed by atoms with Gasteiger partial charge in [-0.2, -0.15) is 0 Å². The second kappa shape index (κ2) is 2.09. The summed E-state index contributed by atoms with van der Waals surface area (Å²) in [4.78, 5) is 10.3. The Kier molecular flexibility index (Phi) is 1.28. The van der Waals surface area contributed by atoms with Crippen molar-refractivity contribution in [1.82, 2.24) is 9.97 Å². The molecule has 0 spiro atoms. The van der Waals surface area contributed by atoms with Crippen LogP contribution in [0.25, 0.3) is 4.85 Å². The molecule has 44 valence electrons. The van der Waals surface area contributed by atoms with Crippen molar-refractivity contribution in [3.05, 3.63) is 23.8 Å². The summed E-state index contributed by atoms with van der Waals surface area (Å²) in [7, 11) is 0. The average Bonchev–Trinajstić information content (AvgIpc) is 1.88. The molecule has 0 saturated heterocycles. The Morgan fingerprint density at radius 1 is 1.56 bits per heavy atom. The van der Waals surface area contributed by atoms with E-state index in [1.165, 1.54) is 12.4 Å². The third-order valence-electron chi connectivity index (χ3n) is 0.755. The van der Waals surface area contributed by atoms with Crippen molar-refractivity contribution in [1.29, 1.82) is 0 Å². The van der Waals surface area contributed by atoms with E-state index < -0.39 is 0 Å². The number of aromatic nitrogens is 2. The van der Waals surface area contributed by atoms with Gasteiger partial charge in [-0.1, -0.05) is 11.6 Å². The molecule has 1 aromatic heterocycles. The lowest BCUT2D eigenvalue weighted by molar-refractivity contribution is 1.23. The topological polar surface area (TPSA) is 56.2 Å². The van der Waals surface area contributed by atoms with Crippen LogP contribution in [-0.2, 0) is 0 Å². The van der Waals surface area contributed by atoms with Gasteiger partial charge >= 0.3 is 0 Å². The predicted octanol–water partition coefficient (Wildman–Crippen LogP) is 0.610. The molecule has 4 heteroatoms. The highest BCUT2D eigenvalue weighted by Gasteiger charge is 1.92. The molecule has 1 heterocycles. The molecule has 0 aliphatic heterocycles. The molecule has 0 radical (unpaired) electrons. The van der Waals surface area contributed by atoms with Crippen LogP contribution in [0.15, 0.2) is 12.4 Å². The molecule has 0 saturated carbocycles. The van der Waals surface area contributed by atoms with Gasteiger partial charge in [-0.3, -0.25) is 4.98 Å². The molecule has 0 fully saturated rings. The number of hydrogen-bond acceptors (Lipinski definition) is 3. The van der Waals surface area contributed by atoms with Gasteiger partial charge < -0.3 is 10.6 Å². The van der Waals surface area contributed by atoms with Crippen molar-refractivity contribution in [3.63, 3.8) is 0 Å². The second-order valence-electron chi connectivity index (χ2n) is 1.41. The van der Waals surface area contributed by atoms with E-state index in [9.17, 15) is 0 Å². The minimum absolute atomic E-state index is 0.231. The largest absolute Gasteiger partial charge is 0.363 e. The number of nitrogen functional groups attached to an aromatic ring is 1. The van der Waals surface area contributed by atoms with E-state index in [4.69, 9.17) is 12.3 Å². The molecule has 0 amide bonds. The minimum atomic E-state index is 0.231. The fraction of sp³-hybridized carbons (Fsp3) is 0. The standard InChI is InChI=1S/C5H4N4/c1-7-5-3-8-2-4(6)9-5/h2-3H,(H2,6,9). The Hall–Kier alpha value is -1.63. The average molecular weight is 120 g/mol. The second-order valence-corrected chi connectivity index (χ2v) is 1.41. The number of hydrogen-bond donors (Lipinski definition) is 1. The van der Waals surface area contributed by atoms with Gasteiger partial charge in [0.05, 0.1) is 12.4 Å². The maximum atomic E-state index is 6.51. The molecule has 0 aliphatic carbocycles. The Labute approximate surface area is 52.2 Å². The van der Waals surface area contributed by atoms with Crippen LogP contribution >= 0.6 is 0 Å². The Bertz CT molecular complexity index is 249. The molecular weight excluding hydrogens is 116 g/mol. The van der Waals surface area contributed by atoms with Crippen molar-refractivity contribution in [3.8, 4) is 0 Å². The van der Waals surface area contributed by atoms with E-state index >= 15 is 0 Å². The van der Waals surface area contributed by atoms with Crippen LogP contribution in [0.2, 0.25) is 0 Å². The Morgan fingerprint density at radius 2 is 2.33 bits per heavy atom. The molecule has 0 bridgehead atoms. The minimum Gasteiger partial charge on any atom is -0.363 e. The van der Waals surface area contributed by atoms with Crippen LogP contribution in [0.4, 0.5) is 11.6 Å². The summed E-state index contributed by atoms with van der Waals surface area (Å²) in [5, 5.41) is 0. The van der Waals surface area contributed by atoms with E-state index in [-0.39, 0.29) is 11.6 Å². The zero-order valence-electron chi connectivity index (χ0n) is 4.57. The van der Waals surface area contributed by atoms with E-state index in [1.54, 1.807) is 0 Å². The number of nitrogens with zero attached hydrogens (tertiary/aromatic N) is 3. The van der Waals surface area contributed by atoms with Gasteiger partial charge in [0.2, 0.25) is 5.82 Å². The molecular formula is C5H4N4. The van der Waals surface area contributed by atoms with E-state index in [0.717, 1.165) is 0 Å². The van der Waals surface area contributed by atoms with Crippen LogP contribution in [0, 0.1) is 6.57 Å². The van der Waals surface area contributed by atoms with Crippen LogP contribution in [0.1, 0.15) is 0 Å². The fourth-order valence-electron chi connectivity index (χ4n) is 0.424. The highest BCUT2D eigenvalue weighted by Crippen LogP contribution is 2.05. The van der Waals surface area contributed by atoms with E-state index in [0.29, 0.717) is 0 Å². The third kappa shape index (κ3) is 1.13. The highest BCUT2D eigenvalue weighted by atomic mass is 15.0. The quantitative estimate of drug-likeness (QED) is 0.510. The van der Waals surface area contributed by atoms with Crippen molar-refractivity contribution in [2.24, 2.45) is 0 Å². The number of rotatable bonds is 0. The molecule has 0 unspecified atom stereocenters. The van der Waals surface area contributed by atoms with E-state index in [1.807, 2.05) is 0 Å². The third-order valence-corrected chi connectivity index (χ3v) is 0.755. The van der Waals surface area contributed by atoms with Crippen molar-refractivity contribution < 1.29 is 0 Å². The number of nitrogens with two attached hydrogens (primary N) is 1. The lowest BCUT2D eigenvalue weighted by Gasteiger charge is -1.84. The normalized spacial score (nSPS) is 8.33. The van der Waals surface area contributed by atoms with Gasteiger partial charge in [0.25, 0.3) is 5.82 Å². The van der Waals surface area contributed by atoms with Crippen molar-refractivity contribution >= 4 is 11.6 Å². The Morgan fingerprint density at radius 3 is 2.78 bits per heavy atom. The molecule has 0 aromatic carbocycles. The first kappa shape index (κ1) is 5.51. The SMILES string of the molecule is [C-]#[N+]c1cncc(N)n1. The summed E-state index contributed by atoms with van der Waals surface area (Å²) in [6, 6.07) is 0. The Balaban J connectivity index is 3.12. The van der Waals surface area contributed by atoms with Crippen molar-refractivity contribution in [2.45, 2.75) is 0 Å². The molecule has 1 aromatic rings. The van der Waals surface area contributed by atoms with E-state index in [2.05, 4.69) is 14.8 Å². The zero-order valence-corrected chi connectivity index (χ0v) is 4.57.